The van der Waals surface area contributed by atoms with Crippen LogP contribution in [0.25, 0.3) is 0 Å². The van der Waals surface area contributed by atoms with Crippen LogP contribution >= 0.6 is 0 Å². The van der Waals surface area contributed by atoms with Gasteiger partial charge in [0, 0.05) is 12.3 Å². The Hall–Kier alpha value is -2.30. The van der Waals surface area contributed by atoms with Crippen molar-refractivity contribution >= 4 is 11.6 Å². The summed E-state index contributed by atoms with van der Waals surface area (Å²) in [4.78, 5) is 27.8. The van der Waals surface area contributed by atoms with Crippen molar-refractivity contribution in [1.82, 2.24) is 14.8 Å². The molecule has 96 valence electrons. The Morgan fingerprint density at radius 2 is 1.95 bits per heavy atom. The van der Waals surface area contributed by atoms with Crippen molar-refractivity contribution in [3.8, 4) is 0 Å². The molecule has 3 rings (SSSR count). The largest absolute Gasteiger partial charge is 0.299 e. The monoisotopic (exact) mass is 255 g/mol. The molecule has 1 fully saturated rings. The van der Waals surface area contributed by atoms with Crippen LogP contribution in [0.2, 0.25) is 0 Å². The lowest BCUT2D eigenvalue weighted by Gasteiger charge is -2.29. The topological polar surface area (TPSA) is 64.8 Å². The van der Waals surface area contributed by atoms with Gasteiger partial charge in [-0.05, 0) is 5.56 Å². The number of ketones is 2. The summed E-state index contributed by atoms with van der Waals surface area (Å²) in [6, 6.07) is 9.21. The van der Waals surface area contributed by atoms with E-state index in [-0.39, 0.29) is 23.9 Å². The highest BCUT2D eigenvalue weighted by Gasteiger charge is 2.38. The maximum Gasteiger partial charge on any atom is 0.165 e. The van der Waals surface area contributed by atoms with Crippen LogP contribution < -0.4 is 0 Å². The second-order valence-corrected chi connectivity index (χ2v) is 4.72. The zero-order chi connectivity index (χ0) is 13.2. The van der Waals surface area contributed by atoms with Gasteiger partial charge in [0.15, 0.2) is 5.78 Å². The molecule has 1 aromatic heterocycles. The quantitative estimate of drug-likeness (QED) is 0.763. The number of Topliss-reactive ketones (excluding diaryl/α,β-unsaturated/α-hetero) is 2. The third kappa shape index (κ3) is 2.19. The molecule has 19 heavy (non-hydrogen) atoms. The van der Waals surface area contributed by atoms with Gasteiger partial charge in [-0.15, -0.1) is 0 Å². The van der Waals surface area contributed by atoms with E-state index >= 15 is 0 Å². The first-order chi connectivity index (χ1) is 9.25. The molecule has 0 bridgehead atoms. The molecular formula is C14H13N3O2. The molecule has 0 unspecified atom stereocenters. The highest BCUT2D eigenvalue weighted by molar-refractivity contribution is 6.04. The van der Waals surface area contributed by atoms with Gasteiger partial charge >= 0.3 is 0 Å². The van der Waals surface area contributed by atoms with Gasteiger partial charge in [-0.2, -0.15) is 5.10 Å². The van der Waals surface area contributed by atoms with Gasteiger partial charge in [0.1, 0.15) is 24.5 Å². The van der Waals surface area contributed by atoms with Gasteiger partial charge in [-0.3, -0.25) is 9.59 Å². The van der Waals surface area contributed by atoms with Gasteiger partial charge in [0.05, 0.1) is 6.42 Å². The summed E-state index contributed by atoms with van der Waals surface area (Å²) in [5.74, 6) is -0.248. The summed E-state index contributed by atoms with van der Waals surface area (Å²) < 4.78 is 1.56. The number of hydrogen-bond acceptors (Lipinski definition) is 4. The molecule has 2 atom stereocenters. The van der Waals surface area contributed by atoms with E-state index in [1.165, 1.54) is 12.7 Å². The molecule has 0 radical (unpaired) electrons. The molecule has 2 aromatic rings. The zero-order valence-corrected chi connectivity index (χ0v) is 10.3. The number of aromatic nitrogens is 3. The standard InChI is InChI=1S/C14H13N3O2/c18-11-6-12(10-4-2-1-3-5-10)14(13(19)7-11)17-9-15-8-16-17/h1-5,8-9,12,14H,6-7H2/t12-,14-/m1/s1. The van der Waals surface area contributed by atoms with Crippen molar-refractivity contribution in [3.05, 3.63) is 48.5 Å². The highest BCUT2D eigenvalue weighted by Crippen LogP contribution is 2.36. The Balaban J connectivity index is 2.02. The summed E-state index contributed by atoms with van der Waals surface area (Å²) >= 11 is 0. The van der Waals surface area contributed by atoms with E-state index in [1.54, 1.807) is 4.68 Å². The van der Waals surface area contributed by atoms with Gasteiger partial charge in [-0.25, -0.2) is 9.67 Å². The Labute approximate surface area is 110 Å². The zero-order valence-electron chi connectivity index (χ0n) is 10.3. The summed E-state index contributed by atoms with van der Waals surface area (Å²) in [6.07, 6.45) is 3.31. The molecule has 5 nitrogen and oxygen atoms in total. The lowest BCUT2D eigenvalue weighted by molar-refractivity contribution is -0.133. The molecule has 0 N–H and O–H groups in total. The first kappa shape index (κ1) is 11.8. The number of hydrogen-bond donors (Lipinski definition) is 0. The molecule has 0 aliphatic heterocycles. The Kier molecular flexibility index (Phi) is 2.95. The molecule has 1 aliphatic carbocycles. The van der Waals surface area contributed by atoms with Crippen LogP contribution in [0.3, 0.4) is 0 Å². The maximum absolute atomic E-state index is 12.2. The van der Waals surface area contributed by atoms with E-state index in [4.69, 9.17) is 0 Å². The van der Waals surface area contributed by atoms with E-state index < -0.39 is 6.04 Å². The van der Waals surface area contributed by atoms with E-state index in [0.717, 1.165) is 5.56 Å². The van der Waals surface area contributed by atoms with Gasteiger partial charge in [0.2, 0.25) is 0 Å². The maximum atomic E-state index is 12.2. The third-order valence-electron chi connectivity index (χ3n) is 3.48. The molecule has 1 aromatic carbocycles. The number of carbonyl (C=O) groups excluding carboxylic acids is 2. The minimum atomic E-state index is -0.428. The van der Waals surface area contributed by atoms with Crippen LogP contribution in [-0.2, 0) is 9.59 Å². The Bertz CT molecular complexity index is 592. The van der Waals surface area contributed by atoms with Crippen molar-refractivity contribution in [2.75, 3.05) is 0 Å². The number of carbonyl (C=O) groups is 2. The van der Waals surface area contributed by atoms with Crippen LogP contribution in [0.1, 0.15) is 30.4 Å². The lowest BCUT2D eigenvalue weighted by atomic mass is 9.78. The van der Waals surface area contributed by atoms with Crippen molar-refractivity contribution in [1.29, 1.82) is 0 Å². The smallest absolute Gasteiger partial charge is 0.165 e. The van der Waals surface area contributed by atoms with Crippen LogP contribution in [0.5, 0.6) is 0 Å². The predicted octanol–water partition coefficient (Wildman–Crippen LogP) is 1.54. The molecule has 0 spiro atoms. The number of benzene rings is 1. The molecule has 1 heterocycles. The highest BCUT2D eigenvalue weighted by atomic mass is 16.2. The van der Waals surface area contributed by atoms with E-state index in [0.29, 0.717) is 6.42 Å². The first-order valence-corrected chi connectivity index (χ1v) is 6.19. The summed E-state index contributed by atoms with van der Waals surface area (Å²) in [7, 11) is 0. The van der Waals surface area contributed by atoms with Crippen LogP contribution in [0, 0.1) is 0 Å². The van der Waals surface area contributed by atoms with Crippen molar-refractivity contribution in [2.24, 2.45) is 0 Å². The van der Waals surface area contributed by atoms with Crippen molar-refractivity contribution in [2.45, 2.75) is 24.8 Å². The fourth-order valence-electron chi connectivity index (χ4n) is 2.65. The average Bonchev–Trinajstić information content (AvgIpc) is 2.92. The lowest BCUT2D eigenvalue weighted by Crippen LogP contribution is -2.34. The van der Waals surface area contributed by atoms with Gasteiger partial charge in [-0.1, -0.05) is 30.3 Å². The van der Waals surface area contributed by atoms with Crippen LogP contribution in [0.4, 0.5) is 0 Å². The summed E-state index contributed by atoms with van der Waals surface area (Å²) in [5, 5.41) is 4.06. The van der Waals surface area contributed by atoms with E-state index in [2.05, 4.69) is 10.1 Å². The van der Waals surface area contributed by atoms with E-state index in [1.807, 2.05) is 30.3 Å². The molecule has 1 aliphatic rings. The molecule has 0 saturated heterocycles. The van der Waals surface area contributed by atoms with Gasteiger partial charge < -0.3 is 0 Å². The van der Waals surface area contributed by atoms with Crippen molar-refractivity contribution < 1.29 is 9.59 Å². The van der Waals surface area contributed by atoms with Crippen LogP contribution in [-0.4, -0.2) is 26.3 Å². The van der Waals surface area contributed by atoms with Gasteiger partial charge in [0.25, 0.3) is 0 Å². The first-order valence-electron chi connectivity index (χ1n) is 6.19. The Morgan fingerprint density at radius 3 is 2.63 bits per heavy atom. The molecule has 0 amide bonds. The van der Waals surface area contributed by atoms with Crippen molar-refractivity contribution in [3.63, 3.8) is 0 Å². The van der Waals surface area contributed by atoms with Crippen LogP contribution in [0.15, 0.2) is 43.0 Å². The third-order valence-corrected chi connectivity index (χ3v) is 3.48. The molecule has 5 heteroatoms. The predicted molar refractivity (Wildman–Crippen MR) is 67.5 cm³/mol. The average molecular weight is 255 g/mol. The number of nitrogens with zero attached hydrogens (tertiary/aromatic N) is 3. The molecular weight excluding hydrogens is 242 g/mol. The molecule has 1 saturated carbocycles. The second kappa shape index (κ2) is 4.76. The summed E-state index contributed by atoms with van der Waals surface area (Å²) in [5.41, 5.74) is 0.990. The fraction of sp³-hybridized carbons (Fsp3) is 0.286. The minimum Gasteiger partial charge on any atom is -0.299 e. The number of rotatable bonds is 2. The Morgan fingerprint density at radius 1 is 1.16 bits per heavy atom. The second-order valence-electron chi connectivity index (χ2n) is 4.72. The van der Waals surface area contributed by atoms with E-state index in [9.17, 15) is 9.59 Å². The SMILES string of the molecule is O=C1CC(=O)[C@H](n2cncn2)[C@@H](c2ccccc2)C1. The minimum absolute atomic E-state index is 0.00443. The fourth-order valence-corrected chi connectivity index (χ4v) is 2.65. The normalized spacial score (nSPS) is 23.6. The summed E-state index contributed by atoms with van der Waals surface area (Å²) in [6.45, 7) is 0.